The van der Waals surface area contributed by atoms with Crippen LogP contribution in [0.4, 0.5) is 11.4 Å². The second-order valence-corrected chi connectivity index (χ2v) is 7.10. The highest BCUT2D eigenvalue weighted by molar-refractivity contribution is 5.97. The van der Waals surface area contributed by atoms with Gasteiger partial charge >= 0.3 is 5.97 Å². The number of benzene rings is 2. The molecule has 1 heterocycles. The van der Waals surface area contributed by atoms with Crippen LogP contribution >= 0.6 is 0 Å². The quantitative estimate of drug-likeness (QED) is 0.775. The Kier molecular flexibility index (Phi) is 6.09. The third kappa shape index (κ3) is 4.76. The Bertz CT molecular complexity index is 857. The van der Waals surface area contributed by atoms with Crippen molar-refractivity contribution >= 4 is 29.2 Å². The van der Waals surface area contributed by atoms with E-state index in [1.165, 1.54) is 5.56 Å². The van der Waals surface area contributed by atoms with E-state index < -0.39 is 11.9 Å². The molecule has 2 aromatic carbocycles. The summed E-state index contributed by atoms with van der Waals surface area (Å²) in [5.74, 6) is -0.469. The molecule has 146 valence electrons. The Morgan fingerprint density at radius 2 is 1.75 bits per heavy atom. The van der Waals surface area contributed by atoms with Crippen molar-refractivity contribution in [1.29, 1.82) is 0 Å². The van der Waals surface area contributed by atoms with Gasteiger partial charge in [0.1, 0.15) is 0 Å². The summed E-state index contributed by atoms with van der Waals surface area (Å²) in [6, 6.07) is 14.2. The van der Waals surface area contributed by atoms with Crippen LogP contribution in [0.25, 0.3) is 0 Å². The largest absolute Gasteiger partial charge is 0.452 e. The van der Waals surface area contributed by atoms with Gasteiger partial charge in [-0.25, -0.2) is 4.79 Å². The van der Waals surface area contributed by atoms with E-state index in [2.05, 4.69) is 19.2 Å². The first-order valence-corrected chi connectivity index (χ1v) is 9.41. The smallest absolute Gasteiger partial charge is 0.338 e. The van der Waals surface area contributed by atoms with Crippen LogP contribution in [0.3, 0.4) is 0 Å². The SMILES string of the molecule is CC(C)c1ccc(NC(=O)COC(=O)c2ccc(N3CCCC3=O)cc2)cc1. The van der Waals surface area contributed by atoms with E-state index in [4.69, 9.17) is 4.74 Å². The molecule has 6 nitrogen and oxygen atoms in total. The number of carbonyl (C=O) groups is 3. The third-order valence-electron chi connectivity index (χ3n) is 4.68. The maximum atomic E-state index is 12.1. The molecule has 1 aliphatic rings. The Labute approximate surface area is 164 Å². The van der Waals surface area contributed by atoms with Crippen LogP contribution < -0.4 is 10.2 Å². The standard InChI is InChI=1S/C22H24N2O4/c1-15(2)16-5-9-18(10-6-16)23-20(25)14-28-22(27)17-7-11-19(12-8-17)24-13-3-4-21(24)26/h5-12,15H,3-4,13-14H2,1-2H3,(H,23,25). The van der Waals surface area contributed by atoms with Crippen LogP contribution in [0, 0.1) is 0 Å². The maximum Gasteiger partial charge on any atom is 0.338 e. The Hall–Kier alpha value is -3.15. The molecule has 0 radical (unpaired) electrons. The van der Waals surface area contributed by atoms with E-state index in [-0.39, 0.29) is 12.5 Å². The van der Waals surface area contributed by atoms with Crippen molar-refractivity contribution in [2.75, 3.05) is 23.4 Å². The van der Waals surface area contributed by atoms with Crippen molar-refractivity contribution in [3.05, 3.63) is 59.7 Å². The van der Waals surface area contributed by atoms with Crippen LogP contribution in [0.1, 0.15) is 48.5 Å². The zero-order valence-electron chi connectivity index (χ0n) is 16.1. The highest BCUT2D eigenvalue weighted by Crippen LogP contribution is 2.22. The van der Waals surface area contributed by atoms with Gasteiger partial charge < -0.3 is 15.0 Å². The van der Waals surface area contributed by atoms with Crippen LogP contribution in [-0.4, -0.2) is 30.9 Å². The van der Waals surface area contributed by atoms with Crippen LogP contribution in [0.2, 0.25) is 0 Å². The number of ether oxygens (including phenoxy) is 1. The van der Waals surface area contributed by atoms with Crippen molar-refractivity contribution in [2.24, 2.45) is 0 Å². The summed E-state index contributed by atoms with van der Waals surface area (Å²) in [6.45, 7) is 4.53. The molecular formula is C22H24N2O4. The molecule has 28 heavy (non-hydrogen) atoms. The fourth-order valence-electron chi connectivity index (χ4n) is 3.06. The van der Waals surface area contributed by atoms with Gasteiger partial charge in [0, 0.05) is 24.3 Å². The molecule has 3 rings (SSSR count). The second-order valence-electron chi connectivity index (χ2n) is 7.10. The molecule has 0 unspecified atom stereocenters. The van der Waals surface area contributed by atoms with Crippen molar-refractivity contribution in [3.63, 3.8) is 0 Å². The molecule has 0 spiro atoms. The number of hydrogen-bond acceptors (Lipinski definition) is 4. The molecule has 2 aromatic rings. The third-order valence-corrected chi connectivity index (χ3v) is 4.68. The summed E-state index contributed by atoms with van der Waals surface area (Å²) in [5, 5.41) is 2.71. The Morgan fingerprint density at radius 3 is 2.32 bits per heavy atom. The van der Waals surface area contributed by atoms with Crippen LogP contribution in [0.5, 0.6) is 0 Å². The van der Waals surface area contributed by atoms with Gasteiger partial charge in [-0.2, -0.15) is 0 Å². The van der Waals surface area contributed by atoms with Crippen molar-refractivity contribution in [2.45, 2.75) is 32.6 Å². The monoisotopic (exact) mass is 380 g/mol. The molecular weight excluding hydrogens is 356 g/mol. The number of amides is 2. The molecule has 1 N–H and O–H groups in total. The van der Waals surface area contributed by atoms with Gasteiger partial charge in [-0.05, 0) is 54.3 Å². The number of nitrogens with one attached hydrogen (secondary N) is 1. The molecule has 1 aliphatic heterocycles. The lowest BCUT2D eigenvalue weighted by Gasteiger charge is -2.15. The Balaban J connectivity index is 1.50. The number of carbonyl (C=O) groups excluding carboxylic acids is 3. The average molecular weight is 380 g/mol. The zero-order chi connectivity index (χ0) is 20.1. The minimum Gasteiger partial charge on any atom is -0.452 e. The highest BCUT2D eigenvalue weighted by atomic mass is 16.5. The average Bonchev–Trinajstić information content (AvgIpc) is 3.12. The fraction of sp³-hybridized carbons (Fsp3) is 0.318. The molecule has 2 amide bonds. The van der Waals surface area contributed by atoms with E-state index >= 15 is 0 Å². The first-order valence-electron chi connectivity index (χ1n) is 9.41. The molecule has 0 aromatic heterocycles. The Morgan fingerprint density at radius 1 is 1.07 bits per heavy atom. The summed E-state index contributed by atoms with van der Waals surface area (Å²) in [6.07, 6.45) is 1.40. The molecule has 0 bridgehead atoms. The van der Waals surface area contributed by atoms with Crippen molar-refractivity contribution in [3.8, 4) is 0 Å². The van der Waals surface area contributed by atoms with Crippen molar-refractivity contribution < 1.29 is 19.1 Å². The molecule has 0 atom stereocenters. The summed E-state index contributed by atoms with van der Waals surface area (Å²) >= 11 is 0. The topological polar surface area (TPSA) is 75.7 Å². The molecule has 0 saturated carbocycles. The number of hydrogen-bond donors (Lipinski definition) is 1. The first-order chi connectivity index (χ1) is 13.4. The van der Waals surface area contributed by atoms with Gasteiger partial charge in [-0.1, -0.05) is 26.0 Å². The van der Waals surface area contributed by atoms with E-state index in [0.29, 0.717) is 30.1 Å². The predicted octanol–water partition coefficient (Wildman–Crippen LogP) is 3.73. The van der Waals surface area contributed by atoms with Gasteiger partial charge in [0.05, 0.1) is 5.56 Å². The minimum absolute atomic E-state index is 0.0911. The normalized spacial score (nSPS) is 13.7. The lowest BCUT2D eigenvalue weighted by Crippen LogP contribution is -2.23. The summed E-state index contributed by atoms with van der Waals surface area (Å²) < 4.78 is 5.08. The van der Waals surface area contributed by atoms with Gasteiger partial charge in [-0.15, -0.1) is 0 Å². The van der Waals surface area contributed by atoms with Crippen LogP contribution in [0.15, 0.2) is 48.5 Å². The lowest BCUT2D eigenvalue weighted by atomic mass is 10.0. The predicted molar refractivity (Wildman–Crippen MR) is 107 cm³/mol. The maximum absolute atomic E-state index is 12.1. The van der Waals surface area contributed by atoms with E-state index in [1.54, 1.807) is 29.2 Å². The first kappa shape index (κ1) is 19.6. The zero-order valence-corrected chi connectivity index (χ0v) is 16.1. The number of rotatable bonds is 6. The van der Waals surface area contributed by atoms with E-state index in [9.17, 15) is 14.4 Å². The van der Waals surface area contributed by atoms with Crippen LogP contribution in [-0.2, 0) is 14.3 Å². The fourth-order valence-corrected chi connectivity index (χ4v) is 3.06. The van der Waals surface area contributed by atoms with E-state index in [0.717, 1.165) is 12.1 Å². The van der Waals surface area contributed by atoms with Crippen molar-refractivity contribution in [1.82, 2.24) is 0 Å². The number of esters is 1. The second kappa shape index (κ2) is 8.69. The molecule has 0 aliphatic carbocycles. The van der Waals surface area contributed by atoms with Gasteiger partial charge in [0.25, 0.3) is 5.91 Å². The number of anilines is 2. The van der Waals surface area contributed by atoms with Gasteiger partial charge in [-0.3, -0.25) is 9.59 Å². The molecule has 6 heteroatoms. The summed E-state index contributed by atoms with van der Waals surface area (Å²) in [7, 11) is 0. The highest BCUT2D eigenvalue weighted by Gasteiger charge is 2.21. The van der Waals surface area contributed by atoms with E-state index in [1.807, 2.05) is 24.3 Å². The van der Waals surface area contributed by atoms with Gasteiger partial charge in [0.2, 0.25) is 5.91 Å². The lowest BCUT2D eigenvalue weighted by molar-refractivity contribution is -0.119. The summed E-state index contributed by atoms with van der Waals surface area (Å²) in [5.41, 5.74) is 2.94. The molecule has 1 saturated heterocycles. The summed E-state index contributed by atoms with van der Waals surface area (Å²) in [4.78, 5) is 37.6. The van der Waals surface area contributed by atoms with Gasteiger partial charge in [0.15, 0.2) is 6.61 Å². The minimum atomic E-state index is -0.579. The molecule has 1 fully saturated rings. The number of nitrogens with zero attached hydrogens (tertiary/aromatic N) is 1.